The zero-order valence-electron chi connectivity index (χ0n) is 22.0. The van der Waals surface area contributed by atoms with Crippen LogP contribution in [0.2, 0.25) is 0 Å². The van der Waals surface area contributed by atoms with E-state index in [1.54, 1.807) is 7.11 Å². The molecule has 1 atom stereocenters. The number of aryl methyl sites for hydroxylation is 3. The van der Waals surface area contributed by atoms with Gasteiger partial charge in [-0.1, -0.05) is 49.1 Å². The highest BCUT2D eigenvalue weighted by Crippen LogP contribution is 2.35. The summed E-state index contributed by atoms with van der Waals surface area (Å²) >= 11 is 4.57. The molecular weight excluding hydrogens is 458 g/mol. The third kappa shape index (κ3) is 6.07. The molecule has 2 nitrogen and oxygen atoms in total. The predicted octanol–water partition coefficient (Wildman–Crippen LogP) is 8.70. The highest BCUT2D eigenvalue weighted by atomic mass is 32.1. The van der Waals surface area contributed by atoms with E-state index in [1.807, 2.05) is 0 Å². The molecule has 0 fully saturated rings. The van der Waals surface area contributed by atoms with Gasteiger partial charge in [-0.05, 0) is 121 Å². The Kier molecular flexibility index (Phi) is 8.64. The van der Waals surface area contributed by atoms with Crippen LogP contribution in [0.3, 0.4) is 0 Å². The molecule has 0 saturated heterocycles. The summed E-state index contributed by atoms with van der Waals surface area (Å²) in [6.07, 6.45) is 6.74. The number of hydrogen-bond donors (Lipinski definition) is 2. The minimum Gasteiger partial charge on any atom is -0.496 e. The summed E-state index contributed by atoms with van der Waals surface area (Å²) in [5.74, 6) is 1.95. The second-order valence-electron chi connectivity index (χ2n) is 10.1. The van der Waals surface area contributed by atoms with Crippen LogP contribution in [-0.2, 0) is 19.3 Å². The SMILES string of the molecule is C=C(C)Cc1cc(-c2cc(NC(=C)C(CCS)c3ccc4c(c3)CCCC4)ccc2C)ccc1OC. The van der Waals surface area contributed by atoms with Crippen molar-refractivity contribution in [3.8, 4) is 16.9 Å². The molecule has 0 spiro atoms. The summed E-state index contributed by atoms with van der Waals surface area (Å²) in [6.45, 7) is 12.8. The van der Waals surface area contributed by atoms with E-state index in [9.17, 15) is 0 Å². The fraction of sp³-hybridized carbons (Fsp3) is 0.333. The van der Waals surface area contributed by atoms with E-state index in [-0.39, 0.29) is 5.92 Å². The monoisotopic (exact) mass is 497 g/mol. The third-order valence-electron chi connectivity index (χ3n) is 7.24. The lowest BCUT2D eigenvalue weighted by Crippen LogP contribution is -2.12. The van der Waals surface area contributed by atoms with E-state index in [2.05, 4.69) is 99.5 Å². The Hall–Kier alpha value is -2.91. The Balaban J connectivity index is 1.60. The van der Waals surface area contributed by atoms with E-state index >= 15 is 0 Å². The van der Waals surface area contributed by atoms with Crippen LogP contribution in [0.4, 0.5) is 5.69 Å². The quantitative estimate of drug-likeness (QED) is 0.216. The molecule has 1 aliphatic carbocycles. The van der Waals surface area contributed by atoms with Crippen LogP contribution in [0, 0.1) is 6.92 Å². The third-order valence-corrected chi connectivity index (χ3v) is 7.50. The minimum atomic E-state index is 0.225. The summed E-state index contributed by atoms with van der Waals surface area (Å²) in [5.41, 5.74) is 12.3. The molecule has 1 aliphatic rings. The first-order valence-corrected chi connectivity index (χ1v) is 13.6. The van der Waals surface area contributed by atoms with Crippen LogP contribution in [-0.4, -0.2) is 12.9 Å². The molecule has 0 radical (unpaired) electrons. The number of allylic oxidation sites excluding steroid dienone is 2. The summed E-state index contributed by atoms with van der Waals surface area (Å²) < 4.78 is 5.60. The molecule has 3 aromatic rings. The van der Waals surface area contributed by atoms with E-state index in [1.165, 1.54) is 59.1 Å². The Labute approximate surface area is 222 Å². The van der Waals surface area contributed by atoms with Crippen molar-refractivity contribution in [2.24, 2.45) is 0 Å². The molecule has 188 valence electrons. The Morgan fingerprint density at radius 1 is 1.00 bits per heavy atom. The van der Waals surface area contributed by atoms with Crippen molar-refractivity contribution >= 4 is 18.3 Å². The van der Waals surface area contributed by atoms with Crippen LogP contribution >= 0.6 is 12.6 Å². The van der Waals surface area contributed by atoms with Gasteiger partial charge in [-0.25, -0.2) is 0 Å². The lowest BCUT2D eigenvalue weighted by Gasteiger charge is -2.24. The van der Waals surface area contributed by atoms with Gasteiger partial charge in [0.1, 0.15) is 5.75 Å². The zero-order chi connectivity index (χ0) is 25.7. The second kappa shape index (κ2) is 11.9. The number of ether oxygens (including phenoxy) is 1. The summed E-state index contributed by atoms with van der Waals surface area (Å²) in [5, 5.41) is 3.64. The van der Waals surface area contributed by atoms with Gasteiger partial charge in [-0.2, -0.15) is 12.6 Å². The normalized spacial score (nSPS) is 13.6. The molecule has 4 rings (SSSR count). The van der Waals surface area contributed by atoms with Gasteiger partial charge in [0.2, 0.25) is 0 Å². The maximum atomic E-state index is 5.60. The highest BCUT2D eigenvalue weighted by molar-refractivity contribution is 7.80. The molecule has 0 aliphatic heterocycles. The van der Waals surface area contributed by atoms with Crippen LogP contribution in [0.5, 0.6) is 5.75 Å². The molecule has 1 unspecified atom stereocenters. The van der Waals surface area contributed by atoms with Gasteiger partial charge < -0.3 is 10.1 Å². The maximum Gasteiger partial charge on any atom is 0.122 e. The Morgan fingerprint density at radius 3 is 2.50 bits per heavy atom. The van der Waals surface area contributed by atoms with Crippen molar-refractivity contribution in [2.45, 2.75) is 58.3 Å². The highest BCUT2D eigenvalue weighted by Gasteiger charge is 2.18. The fourth-order valence-corrected chi connectivity index (χ4v) is 5.59. The van der Waals surface area contributed by atoms with Gasteiger partial charge in [-0.15, -0.1) is 0 Å². The van der Waals surface area contributed by atoms with Crippen LogP contribution in [0.25, 0.3) is 11.1 Å². The number of anilines is 1. The van der Waals surface area contributed by atoms with E-state index in [0.29, 0.717) is 0 Å². The zero-order valence-corrected chi connectivity index (χ0v) is 22.9. The Morgan fingerprint density at radius 2 is 1.78 bits per heavy atom. The van der Waals surface area contributed by atoms with Gasteiger partial charge in [-0.3, -0.25) is 0 Å². The predicted molar refractivity (Wildman–Crippen MR) is 159 cm³/mol. The minimum absolute atomic E-state index is 0.225. The topological polar surface area (TPSA) is 21.3 Å². The average molecular weight is 498 g/mol. The number of nitrogens with one attached hydrogen (secondary N) is 1. The first kappa shape index (κ1) is 26.2. The molecule has 0 amide bonds. The van der Waals surface area contributed by atoms with Crippen molar-refractivity contribution in [3.05, 3.63) is 107 Å². The molecule has 1 N–H and O–H groups in total. The molecule has 0 bridgehead atoms. The summed E-state index contributed by atoms with van der Waals surface area (Å²) in [7, 11) is 1.72. The van der Waals surface area contributed by atoms with Gasteiger partial charge in [0, 0.05) is 17.3 Å². The Bertz CT molecular complexity index is 1260. The van der Waals surface area contributed by atoms with Gasteiger partial charge >= 0.3 is 0 Å². The van der Waals surface area contributed by atoms with Crippen LogP contribution in [0.1, 0.15) is 59.9 Å². The molecule has 0 saturated carbocycles. The summed E-state index contributed by atoms with van der Waals surface area (Å²) in [4.78, 5) is 0. The first-order chi connectivity index (χ1) is 17.4. The number of benzene rings is 3. The van der Waals surface area contributed by atoms with Crippen molar-refractivity contribution in [1.29, 1.82) is 0 Å². The number of rotatable bonds is 10. The van der Waals surface area contributed by atoms with Crippen molar-refractivity contribution in [1.82, 2.24) is 0 Å². The number of hydrogen-bond acceptors (Lipinski definition) is 3. The lowest BCUT2D eigenvalue weighted by atomic mass is 9.86. The van der Waals surface area contributed by atoms with E-state index < -0.39 is 0 Å². The second-order valence-corrected chi connectivity index (χ2v) is 10.6. The van der Waals surface area contributed by atoms with Gasteiger partial charge in [0.15, 0.2) is 0 Å². The smallest absolute Gasteiger partial charge is 0.122 e. The lowest BCUT2D eigenvalue weighted by molar-refractivity contribution is 0.410. The molecule has 36 heavy (non-hydrogen) atoms. The van der Waals surface area contributed by atoms with Crippen molar-refractivity contribution < 1.29 is 4.74 Å². The number of fused-ring (bicyclic) bond motifs is 1. The first-order valence-electron chi connectivity index (χ1n) is 13.0. The standard InChI is InChI=1S/C33H39NOS/c1-22(2)18-29-20-28(13-15-33(29)35-5)32-21-30(14-10-23(32)3)34-24(4)31(16-17-36)27-12-11-25-8-6-7-9-26(25)19-27/h10-15,19-21,31,34,36H,1,4,6-9,16-18H2,2-3,5H3. The van der Waals surface area contributed by atoms with Crippen molar-refractivity contribution in [3.63, 3.8) is 0 Å². The van der Waals surface area contributed by atoms with E-state index in [4.69, 9.17) is 4.74 Å². The van der Waals surface area contributed by atoms with Gasteiger partial charge in [0.05, 0.1) is 7.11 Å². The summed E-state index contributed by atoms with van der Waals surface area (Å²) in [6, 6.07) is 20.0. The van der Waals surface area contributed by atoms with Crippen LogP contribution < -0.4 is 10.1 Å². The average Bonchev–Trinajstić information content (AvgIpc) is 2.87. The van der Waals surface area contributed by atoms with Crippen LogP contribution in [0.15, 0.2) is 79.0 Å². The molecular formula is C33H39NOS. The number of thiol groups is 1. The van der Waals surface area contributed by atoms with Gasteiger partial charge in [0.25, 0.3) is 0 Å². The fourth-order valence-electron chi connectivity index (χ4n) is 5.33. The maximum absolute atomic E-state index is 5.60. The molecule has 0 heterocycles. The number of methoxy groups -OCH3 is 1. The molecule has 0 aromatic heterocycles. The van der Waals surface area contributed by atoms with E-state index in [0.717, 1.165) is 46.9 Å². The van der Waals surface area contributed by atoms with Crippen molar-refractivity contribution in [2.75, 3.05) is 18.2 Å². The largest absolute Gasteiger partial charge is 0.496 e. The molecule has 3 heteroatoms. The molecule has 3 aromatic carbocycles.